The van der Waals surface area contributed by atoms with E-state index < -0.39 is 42.1 Å². The maximum Gasteiger partial charge on any atom is 0.337 e. The first-order valence-electron chi connectivity index (χ1n) is 6.48. The zero-order chi connectivity index (χ0) is 16.1. The van der Waals surface area contributed by atoms with Gasteiger partial charge in [-0.15, -0.1) is 0 Å². The van der Waals surface area contributed by atoms with Crippen molar-refractivity contribution in [3.05, 3.63) is 0 Å². The molecule has 0 N–H and O–H groups in total. The Morgan fingerprint density at radius 3 is 1.57 bits per heavy atom. The molecule has 0 bridgehead atoms. The summed E-state index contributed by atoms with van der Waals surface area (Å²) in [6, 6.07) is -1.44. The average molecular weight is 296 g/mol. The second kappa shape index (κ2) is 4.83. The first-order valence-corrected chi connectivity index (χ1v) is 6.48. The van der Waals surface area contributed by atoms with Gasteiger partial charge < -0.3 is 0 Å². The Morgan fingerprint density at radius 1 is 0.810 bits per heavy atom. The highest BCUT2D eigenvalue weighted by Crippen LogP contribution is 2.35. The Hall–Kier alpha value is -2.45. The van der Waals surface area contributed by atoms with Crippen molar-refractivity contribution in [1.82, 2.24) is 19.6 Å². The molecule has 7 amide bonds. The third kappa shape index (κ3) is 1.88. The Morgan fingerprint density at radius 2 is 1.19 bits per heavy atom. The van der Waals surface area contributed by atoms with Crippen molar-refractivity contribution < 1.29 is 24.0 Å². The van der Waals surface area contributed by atoms with Crippen molar-refractivity contribution in [2.24, 2.45) is 0 Å². The van der Waals surface area contributed by atoms with Crippen molar-refractivity contribution in [2.75, 3.05) is 6.54 Å². The second-order valence-electron chi connectivity index (χ2n) is 4.85. The molecule has 0 aromatic heterocycles. The summed E-state index contributed by atoms with van der Waals surface area (Å²) in [5.74, 6) is -1.80. The molecule has 2 heterocycles. The summed E-state index contributed by atoms with van der Waals surface area (Å²) in [5.41, 5.74) is 0. The predicted octanol–water partition coefficient (Wildman–Crippen LogP) is -0.227. The van der Waals surface area contributed by atoms with Gasteiger partial charge in [-0.05, 0) is 6.92 Å². The molecule has 2 aliphatic rings. The van der Waals surface area contributed by atoms with Crippen LogP contribution in [0.1, 0.15) is 27.7 Å². The summed E-state index contributed by atoms with van der Waals surface area (Å²) in [4.78, 5) is 63.5. The van der Waals surface area contributed by atoms with E-state index in [4.69, 9.17) is 0 Å². The number of hydrogen-bond acceptors (Lipinski definition) is 5. The number of urea groups is 2. The van der Waals surface area contributed by atoms with Crippen LogP contribution in [0.5, 0.6) is 0 Å². The van der Waals surface area contributed by atoms with Crippen LogP contribution in [0.3, 0.4) is 0 Å². The fraction of sp³-hybridized carbons (Fsp3) is 0.583. The van der Waals surface area contributed by atoms with Crippen molar-refractivity contribution in [3.8, 4) is 0 Å². The zero-order valence-corrected chi connectivity index (χ0v) is 12.2. The number of amides is 7. The van der Waals surface area contributed by atoms with E-state index in [-0.39, 0.29) is 6.54 Å². The van der Waals surface area contributed by atoms with E-state index in [1.165, 1.54) is 18.7 Å². The molecule has 2 fully saturated rings. The van der Waals surface area contributed by atoms with E-state index in [0.29, 0.717) is 0 Å². The monoisotopic (exact) mass is 296 g/mol. The minimum atomic E-state index is -1.11. The van der Waals surface area contributed by atoms with Gasteiger partial charge in [0.25, 0.3) is 0 Å². The van der Waals surface area contributed by atoms with E-state index in [1.807, 2.05) is 0 Å². The standard InChI is InChI=1S/C12H16N4O5/c1-5-13-9-10(15(7(3)18)11(13)20)16(8(4)19)12(21)14(9)6(2)17/h9-10H,5H2,1-4H3/t9-,10+/m0/s1. The summed E-state index contributed by atoms with van der Waals surface area (Å²) in [6.45, 7) is 5.36. The van der Waals surface area contributed by atoms with Crippen LogP contribution in [-0.2, 0) is 14.4 Å². The quantitative estimate of drug-likeness (QED) is 0.666. The molecular weight excluding hydrogens is 280 g/mol. The molecule has 0 unspecified atom stereocenters. The van der Waals surface area contributed by atoms with Crippen LogP contribution in [0.15, 0.2) is 0 Å². The number of carbonyl (C=O) groups excluding carboxylic acids is 5. The third-order valence-corrected chi connectivity index (χ3v) is 3.60. The van der Waals surface area contributed by atoms with Crippen LogP contribution in [0.25, 0.3) is 0 Å². The van der Waals surface area contributed by atoms with E-state index in [2.05, 4.69) is 0 Å². The molecule has 0 saturated carbocycles. The number of rotatable bonds is 1. The lowest BCUT2D eigenvalue weighted by Gasteiger charge is -2.25. The van der Waals surface area contributed by atoms with Gasteiger partial charge in [0.1, 0.15) is 0 Å². The number of imide groups is 3. The maximum atomic E-state index is 12.3. The van der Waals surface area contributed by atoms with Gasteiger partial charge in [-0.25, -0.2) is 24.3 Å². The molecule has 0 radical (unpaired) electrons. The second-order valence-corrected chi connectivity index (χ2v) is 4.85. The Bertz CT molecular complexity index is 548. The molecule has 0 aliphatic carbocycles. The van der Waals surface area contributed by atoms with Crippen LogP contribution >= 0.6 is 0 Å². The number of nitrogens with zero attached hydrogens (tertiary/aromatic N) is 4. The minimum Gasteiger partial charge on any atom is -0.299 e. The van der Waals surface area contributed by atoms with Gasteiger partial charge in [-0.3, -0.25) is 19.3 Å². The fourth-order valence-electron chi connectivity index (χ4n) is 2.81. The molecule has 9 nitrogen and oxygen atoms in total. The Labute approximate surface area is 121 Å². The SMILES string of the molecule is CCN1C(=O)N(C(C)=O)[C@H]2[C@@H]1N(C(C)=O)C(=O)N2C(C)=O. The van der Waals surface area contributed by atoms with Gasteiger partial charge in [0.2, 0.25) is 17.7 Å². The van der Waals surface area contributed by atoms with Gasteiger partial charge in [0, 0.05) is 27.3 Å². The number of hydrogen-bond donors (Lipinski definition) is 0. The average Bonchev–Trinajstić information content (AvgIpc) is 2.77. The number of carbonyl (C=O) groups is 5. The highest BCUT2D eigenvalue weighted by molar-refractivity contribution is 6.07. The highest BCUT2D eigenvalue weighted by Gasteiger charge is 2.62. The van der Waals surface area contributed by atoms with E-state index in [0.717, 1.165) is 21.6 Å². The molecule has 0 spiro atoms. The summed E-state index contributed by atoms with van der Waals surface area (Å²) in [7, 11) is 0. The van der Waals surface area contributed by atoms with Gasteiger partial charge in [-0.2, -0.15) is 0 Å². The van der Waals surface area contributed by atoms with Crippen molar-refractivity contribution in [1.29, 1.82) is 0 Å². The van der Waals surface area contributed by atoms with Gasteiger partial charge >= 0.3 is 12.1 Å². The lowest BCUT2D eigenvalue weighted by atomic mass is 10.3. The molecule has 114 valence electrons. The van der Waals surface area contributed by atoms with E-state index in [9.17, 15) is 24.0 Å². The number of fused-ring (bicyclic) bond motifs is 1. The topological polar surface area (TPSA) is 98.3 Å². The first kappa shape index (κ1) is 14.9. The third-order valence-electron chi connectivity index (χ3n) is 3.60. The van der Waals surface area contributed by atoms with E-state index in [1.54, 1.807) is 6.92 Å². The smallest absolute Gasteiger partial charge is 0.299 e. The molecule has 2 saturated heterocycles. The van der Waals surface area contributed by atoms with Crippen LogP contribution in [-0.4, -0.2) is 68.3 Å². The van der Waals surface area contributed by atoms with Gasteiger partial charge in [0.05, 0.1) is 0 Å². The van der Waals surface area contributed by atoms with E-state index >= 15 is 0 Å². The van der Waals surface area contributed by atoms with Crippen LogP contribution in [0.2, 0.25) is 0 Å². The molecule has 0 aromatic carbocycles. The van der Waals surface area contributed by atoms with Crippen LogP contribution in [0.4, 0.5) is 9.59 Å². The van der Waals surface area contributed by atoms with Crippen molar-refractivity contribution in [3.63, 3.8) is 0 Å². The maximum absolute atomic E-state index is 12.3. The molecule has 9 heteroatoms. The molecule has 2 rings (SSSR count). The summed E-state index contributed by atoms with van der Waals surface area (Å²) in [6.07, 6.45) is -2.08. The largest absolute Gasteiger partial charge is 0.337 e. The summed E-state index contributed by atoms with van der Waals surface area (Å²) in [5, 5.41) is 0. The molecule has 0 aromatic rings. The molecule has 2 atom stereocenters. The summed E-state index contributed by atoms with van der Waals surface area (Å²) < 4.78 is 0. The van der Waals surface area contributed by atoms with Gasteiger partial charge in [0.15, 0.2) is 12.3 Å². The predicted molar refractivity (Wildman–Crippen MR) is 68.3 cm³/mol. The van der Waals surface area contributed by atoms with Crippen molar-refractivity contribution >= 4 is 29.8 Å². The fourth-order valence-corrected chi connectivity index (χ4v) is 2.81. The zero-order valence-electron chi connectivity index (χ0n) is 12.2. The minimum absolute atomic E-state index is 0.201. The summed E-state index contributed by atoms with van der Waals surface area (Å²) >= 11 is 0. The lowest BCUT2D eigenvalue weighted by Crippen LogP contribution is -2.50. The Kier molecular flexibility index (Phi) is 3.44. The van der Waals surface area contributed by atoms with Crippen LogP contribution in [0, 0.1) is 0 Å². The number of likely N-dealkylation sites (N-methyl/N-ethyl adjacent to an activating group) is 1. The normalized spacial score (nSPS) is 24.8. The molecular formula is C12H16N4O5. The molecule has 2 aliphatic heterocycles. The van der Waals surface area contributed by atoms with Crippen LogP contribution < -0.4 is 0 Å². The van der Waals surface area contributed by atoms with Gasteiger partial charge in [-0.1, -0.05) is 0 Å². The van der Waals surface area contributed by atoms with Crippen molar-refractivity contribution in [2.45, 2.75) is 40.0 Å². The Balaban J connectivity index is 2.60. The first-order chi connectivity index (χ1) is 9.73. The molecule has 21 heavy (non-hydrogen) atoms. The highest BCUT2D eigenvalue weighted by atomic mass is 16.2. The lowest BCUT2D eigenvalue weighted by molar-refractivity contribution is -0.135.